The predicted molar refractivity (Wildman–Crippen MR) is 83.8 cm³/mol. The number of amides is 2. The van der Waals surface area contributed by atoms with Gasteiger partial charge in [0.1, 0.15) is 0 Å². The quantitative estimate of drug-likeness (QED) is 0.770. The average Bonchev–Trinajstić information content (AvgIpc) is 3.05. The van der Waals surface area contributed by atoms with Gasteiger partial charge in [-0.2, -0.15) is 0 Å². The van der Waals surface area contributed by atoms with E-state index in [0.29, 0.717) is 11.3 Å². The van der Waals surface area contributed by atoms with E-state index in [-0.39, 0.29) is 30.7 Å². The predicted octanol–water partition coefficient (Wildman–Crippen LogP) is 1.04. The second-order valence-corrected chi connectivity index (χ2v) is 5.32. The second-order valence-electron chi connectivity index (χ2n) is 5.32. The topological polar surface area (TPSA) is 78.5 Å². The van der Waals surface area contributed by atoms with Gasteiger partial charge in [0.25, 0.3) is 0 Å². The summed E-state index contributed by atoms with van der Waals surface area (Å²) in [4.78, 5) is 36.8. The Bertz CT molecular complexity index is 566. The van der Waals surface area contributed by atoms with Crippen LogP contribution in [0, 0.1) is 0 Å². The van der Waals surface area contributed by atoms with Crippen molar-refractivity contribution in [3.8, 4) is 0 Å². The molecule has 0 atom stereocenters. The number of ketones is 1. The van der Waals surface area contributed by atoms with Gasteiger partial charge in [-0.1, -0.05) is 12.1 Å². The van der Waals surface area contributed by atoms with Crippen molar-refractivity contribution in [1.29, 1.82) is 0 Å². The van der Waals surface area contributed by atoms with Gasteiger partial charge in [0.15, 0.2) is 5.78 Å². The van der Waals surface area contributed by atoms with Crippen LogP contribution in [0.5, 0.6) is 0 Å². The standard InChI is InChI=1S/C16H21N3O3/c1-12(20)13-6-2-3-7-14(13)17-10-15(21)18-11-16(22)19-8-4-5-9-19/h2-3,6-7,17H,4-5,8-11H2,1H3,(H,18,21). The molecule has 2 N–H and O–H groups in total. The summed E-state index contributed by atoms with van der Waals surface area (Å²) in [5, 5.41) is 5.53. The highest BCUT2D eigenvalue weighted by molar-refractivity contribution is 6.00. The highest BCUT2D eigenvalue weighted by Gasteiger charge is 2.18. The lowest BCUT2D eigenvalue weighted by atomic mass is 10.1. The van der Waals surface area contributed by atoms with Crippen molar-refractivity contribution in [2.45, 2.75) is 19.8 Å². The Morgan fingerprint density at radius 1 is 1.09 bits per heavy atom. The van der Waals surface area contributed by atoms with Gasteiger partial charge in [-0.3, -0.25) is 14.4 Å². The van der Waals surface area contributed by atoms with E-state index in [1.807, 2.05) is 0 Å². The lowest BCUT2D eigenvalue weighted by Crippen LogP contribution is -2.40. The Morgan fingerprint density at radius 3 is 2.45 bits per heavy atom. The first kappa shape index (κ1) is 16.0. The number of Topliss-reactive ketones (excluding diaryl/α,β-unsaturated/α-hetero) is 1. The summed E-state index contributed by atoms with van der Waals surface area (Å²) >= 11 is 0. The zero-order valence-electron chi connectivity index (χ0n) is 12.7. The van der Waals surface area contributed by atoms with E-state index >= 15 is 0 Å². The largest absolute Gasteiger partial charge is 0.376 e. The summed E-state index contributed by atoms with van der Waals surface area (Å²) < 4.78 is 0. The summed E-state index contributed by atoms with van der Waals surface area (Å²) in [6.07, 6.45) is 2.06. The van der Waals surface area contributed by atoms with E-state index in [2.05, 4.69) is 10.6 Å². The van der Waals surface area contributed by atoms with E-state index in [4.69, 9.17) is 0 Å². The number of nitrogens with zero attached hydrogens (tertiary/aromatic N) is 1. The van der Waals surface area contributed by atoms with Crippen molar-refractivity contribution in [1.82, 2.24) is 10.2 Å². The fraction of sp³-hybridized carbons (Fsp3) is 0.438. The third-order valence-electron chi connectivity index (χ3n) is 3.64. The molecule has 0 aliphatic carbocycles. The first-order chi connectivity index (χ1) is 10.6. The number of hydrogen-bond acceptors (Lipinski definition) is 4. The number of nitrogens with one attached hydrogen (secondary N) is 2. The van der Waals surface area contributed by atoms with Crippen LogP contribution in [-0.4, -0.2) is 48.7 Å². The maximum atomic E-state index is 11.8. The Morgan fingerprint density at radius 2 is 1.77 bits per heavy atom. The number of para-hydroxylation sites is 1. The van der Waals surface area contributed by atoms with Crippen molar-refractivity contribution in [2.24, 2.45) is 0 Å². The molecule has 6 heteroatoms. The van der Waals surface area contributed by atoms with Gasteiger partial charge in [0.2, 0.25) is 11.8 Å². The number of carbonyl (C=O) groups excluding carboxylic acids is 3. The van der Waals surface area contributed by atoms with Gasteiger partial charge >= 0.3 is 0 Å². The first-order valence-electron chi connectivity index (χ1n) is 7.46. The maximum Gasteiger partial charge on any atom is 0.241 e. The number of rotatable bonds is 6. The van der Waals surface area contributed by atoms with E-state index in [1.54, 1.807) is 29.2 Å². The molecule has 1 saturated heterocycles. The highest BCUT2D eigenvalue weighted by atomic mass is 16.2. The average molecular weight is 303 g/mol. The molecule has 6 nitrogen and oxygen atoms in total. The van der Waals surface area contributed by atoms with Crippen LogP contribution in [0.3, 0.4) is 0 Å². The first-order valence-corrected chi connectivity index (χ1v) is 7.46. The molecule has 118 valence electrons. The van der Waals surface area contributed by atoms with Gasteiger partial charge in [-0.25, -0.2) is 0 Å². The molecule has 1 aliphatic heterocycles. The van der Waals surface area contributed by atoms with Crippen LogP contribution in [0.1, 0.15) is 30.1 Å². The molecule has 0 saturated carbocycles. The van der Waals surface area contributed by atoms with Crippen molar-refractivity contribution in [3.05, 3.63) is 29.8 Å². The van der Waals surface area contributed by atoms with Crippen LogP contribution in [-0.2, 0) is 9.59 Å². The van der Waals surface area contributed by atoms with Crippen molar-refractivity contribution in [3.63, 3.8) is 0 Å². The van der Waals surface area contributed by atoms with Gasteiger partial charge in [-0.15, -0.1) is 0 Å². The molecule has 1 aromatic rings. The van der Waals surface area contributed by atoms with Gasteiger partial charge in [-0.05, 0) is 31.9 Å². The van der Waals surface area contributed by atoms with E-state index in [0.717, 1.165) is 25.9 Å². The molecule has 0 spiro atoms. The molecule has 2 amide bonds. The highest BCUT2D eigenvalue weighted by Crippen LogP contribution is 2.14. The van der Waals surface area contributed by atoms with Gasteiger partial charge in [0.05, 0.1) is 13.1 Å². The summed E-state index contributed by atoms with van der Waals surface area (Å²) in [6, 6.07) is 7.03. The van der Waals surface area contributed by atoms with Crippen LogP contribution in [0.4, 0.5) is 5.69 Å². The second kappa shape index (κ2) is 7.59. The van der Waals surface area contributed by atoms with E-state index < -0.39 is 0 Å². The minimum Gasteiger partial charge on any atom is -0.376 e. The molecule has 1 aliphatic rings. The lowest BCUT2D eigenvalue weighted by molar-refractivity contribution is -0.131. The van der Waals surface area contributed by atoms with E-state index in [1.165, 1.54) is 6.92 Å². The minimum atomic E-state index is -0.272. The van der Waals surface area contributed by atoms with Crippen molar-refractivity contribution in [2.75, 3.05) is 31.5 Å². The maximum absolute atomic E-state index is 11.8. The third kappa shape index (κ3) is 4.31. The summed E-state index contributed by atoms with van der Waals surface area (Å²) in [6.45, 7) is 3.08. The Balaban J connectivity index is 1.78. The zero-order chi connectivity index (χ0) is 15.9. The Hall–Kier alpha value is -2.37. The fourth-order valence-corrected chi connectivity index (χ4v) is 2.43. The van der Waals surface area contributed by atoms with Crippen LogP contribution in [0.25, 0.3) is 0 Å². The number of likely N-dealkylation sites (tertiary alicyclic amines) is 1. The minimum absolute atomic E-state index is 0.0227. The monoisotopic (exact) mass is 303 g/mol. The molecular weight excluding hydrogens is 282 g/mol. The van der Waals surface area contributed by atoms with Crippen LogP contribution in [0.15, 0.2) is 24.3 Å². The third-order valence-corrected chi connectivity index (χ3v) is 3.64. The van der Waals surface area contributed by atoms with Crippen LogP contribution >= 0.6 is 0 Å². The molecular formula is C16H21N3O3. The molecule has 1 aromatic carbocycles. The molecule has 0 unspecified atom stereocenters. The molecule has 0 bridgehead atoms. The zero-order valence-corrected chi connectivity index (χ0v) is 12.7. The van der Waals surface area contributed by atoms with Gasteiger partial charge < -0.3 is 15.5 Å². The normalized spacial score (nSPS) is 13.8. The van der Waals surface area contributed by atoms with Crippen LogP contribution in [0.2, 0.25) is 0 Å². The smallest absolute Gasteiger partial charge is 0.241 e. The molecule has 22 heavy (non-hydrogen) atoms. The number of anilines is 1. The number of carbonyl (C=O) groups is 3. The number of benzene rings is 1. The Kier molecular flexibility index (Phi) is 5.52. The Labute approximate surface area is 129 Å². The molecule has 2 rings (SSSR count). The molecule has 0 radical (unpaired) electrons. The van der Waals surface area contributed by atoms with E-state index in [9.17, 15) is 14.4 Å². The SMILES string of the molecule is CC(=O)c1ccccc1NCC(=O)NCC(=O)N1CCCC1. The molecule has 1 heterocycles. The lowest BCUT2D eigenvalue weighted by Gasteiger charge is -2.15. The van der Waals surface area contributed by atoms with Gasteiger partial charge in [0, 0.05) is 24.3 Å². The molecule has 0 aromatic heterocycles. The van der Waals surface area contributed by atoms with Crippen molar-refractivity contribution < 1.29 is 14.4 Å². The summed E-state index contributed by atoms with van der Waals surface area (Å²) in [5.41, 5.74) is 1.17. The summed E-state index contributed by atoms with van der Waals surface area (Å²) in [5.74, 6) is -0.381. The summed E-state index contributed by atoms with van der Waals surface area (Å²) in [7, 11) is 0. The fourth-order valence-electron chi connectivity index (χ4n) is 2.43. The molecule has 1 fully saturated rings. The van der Waals surface area contributed by atoms with Crippen molar-refractivity contribution >= 4 is 23.3 Å². The number of hydrogen-bond donors (Lipinski definition) is 2. The van der Waals surface area contributed by atoms with Crippen LogP contribution < -0.4 is 10.6 Å².